The van der Waals surface area contributed by atoms with Gasteiger partial charge in [0.25, 0.3) is 0 Å². The molecule has 0 nitrogen and oxygen atoms in total. The Morgan fingerprint density at radius 1 is 1.33 bits per heavy atom. The van der Waals surface area contributed by atoms with Crippen LogP contribution >= 0.6 is 11.1 Å². The Bertz CT molecular complexity index is 75.5. The van der Waals surface area contributed by atoms with Gasteiger partial charge in [-0.3, -0.25) is 0 Å². The van der Waals surface area contributed by atoms with E-state index in [0.29, 0.717) is 5.04 Å². The quantitative estimate of drug-likeness (QED) is 0.435. The van der Waals surface area contributed by atoms with Gasteiger partial charge in [-0.2, -0.15) is 11.1 Å². The molecule has 0 amide bonds. The third-order valence-corrected chi connectivity index (χ3v) is 7.06. The molecule has 1 unspecified atom stereocenters. The summed E-state index contributed by atoms with van der Waals surface area (Å²) in [5.41, 5.74) is 0. The van der Waals surface area contributed by atoms with Gasteiger partial charge in [0.2, 0.25) is 0 Å². The van der Waals surface area contributed by atoms with Gasteiger partial charge < -0.3 is 0 Å². The standard InChI is InChI=1S/C7H17ClSi/c1-5-6-9(8)7(2,3)4/h9H,5-6H2,1-4H3. The van der Waals surface area contributed by atoms with Gasteiger partial charge in [0.1, 0.15) is 8.11 Å². The summed E-state index contributed by atoms with van der Waals surface area (Å²) in [7, 11) is -0.918. The Kier molecular flexibility index (Phi) is 3.82. The zero-order valence-corrected chi connectivity index (χ0v) is 8.78. The van der Waals surface area contributed by atoms with E-state index in [2.05, 4.69) is 27.7 Å². The van der Waals surface area contributed by atoms with E-state index in [-0.39, 0.29) is 0 Å². The zero-order chi connectivity index (χ0) is 7.49. The molecule has 0 aromatic heterocycles. The van der Waals surface area contributed by atoms with Gasteiger partial charge >= 0.3 is 0 Å². The topological polar surface area (TPSA) is 0 Å². The maximum absolute atomic E-state index is 6.20. The summed E-state index contributed by atoms with van der Waals surface area (Å²) in [4.78, 5) is 0. The van der Waals surface area contributed by atoms with Gasteiger partial charge in [0, 0.05) is 0 Å². The number of rotatable bonds is 2. The lowest BCUT2D eigenvalue weighted by Crippen LogP contribution is -2.18. The molecule has 0 saturated carbocycles. The van der Waals surface area contributed by atoms with Crippen LogP contribution in [0.15, 0.2) is 0 Å². The van der Waals surface area contributed by atoms with Crippen LogP contribution in [0.25, 0.3) is 0 Å². The van der Waals surface area contributed by atoms with Crippen molar-refractivity contribution in [3.05, 3.63) is 0 Å². The first-order valence-corrected chi connectivity index (χ1v) is 6.76. The summed E-state index contributed by atoms with van der Waals surface area (Å²) < 4.78 is 0. The molecule has 9 heavy (non-hydrogen) atoms. The molecular weight excluding hydrogens is 148 g/mol. The van der Waals surface area contributed by atoms with Crippen molar-refractivity contribution in [1.82, 2.24) is 0 Å². The Morgan fingerprint density at radius 2 is 1.78 bits per heavy atom. The van der Waals surface area contributed by atoms with Crippen molar-refractivity contribution in [3.63, 3.8) is 0 Å². The highest BCUT2D eigenvalue weighted by atomic mass is 35.6. The van der Waals surface area contributed by atoms with Crippen LogP contribution in [0, 0.1) is 0 Å². The molecule has 0 bridgehead atoms. The molecule has 0 N–H and O–H groups in total. The first kappa shape index (κ1) is 9.51. The molecule has 56 valence electrons. The fourth-order valence-corrected chi connectivity index (χ4v) is 2.71. The summed E-state index contributed by atoms with van der Waals surface area (Å²) >= 11 is 6.20. The van der Waals surface area contributed by atoms with Crippen LogP contribution in [0.2, 0.25) is 11.1 Å². The maximum atomic E-state index is 6.20. The summed E-state index contributed by atoms with van der Waals surface area (Å²) in [6.45, 7) is 8.93. The lowest BCUT2D eigenvalue weighted by molar-refractivity contribution is 0.740. The van der Waals surface area contributed by atoms with E-state index in [1.807, 2.05) is 0 Å². The fraction of sp³-hybridized carbons (Fsp3) is 1.00. The highest BCUT2D eigenvalue weighted by Crippen LogP contribution is 2.31. The Morgan fingerprint density at radius 3 is 1.89 bits per heavy atom. The largest absolute Gasteiger partial charge is 0.171 e. The van der Waals surface area contributed by atoms with Crippen molar-refractivity contribution >= 4 is 19.2 Å². The molecule has 0 rings (SSSR count). The molecule has 1 atom stereocenters. The van der Waals surface area contributed by atoms with E-state index in [9.17, 15) is 0 Å². The van der Waals surface area contributed by atoms with Crippen molar-refractivity contribution < 1.29 is 0 Å². The van der Waals surface area contributed by atoms with Crippen molar-refractivity contribution in [2.75, 3.05) is 0 Å². The van der Waals surface area contributed by atoms with Crippen LogP contribution in [-0.4, -0.2) is 8.11 Å². The van der Waals surface area contributed by atoms with Crippen LogP contribution in [0.3, 0.4) is 0 Å². The molecule has 0 fully saturated rings. The predicted octanol–water partition coefficient (Wildman–Crippen LogP) is 3.16. The first-order valence-electron chi connectivity index (χ1n) is 3.62. The van der Waals surface area contributed by atoms with Crippen LogP contribution in [0.5, 0.6) is 0 Å². The summed E-state index contributed by atoms with van der Waals surface area (Å²) in [5, 5.41) is 0.414. The van der Waals surface area contributed by atoms with E-state index in [4.69, 9.17) is 11.1 Å². The Balaban J connectivity index is 3.59. The van der Waals surface area contributed by atoms with Crippen LogP contribution in [-0.2, 0) is 0 Å². The third-order valence-electron chi connectivity index (χ3n) is 1.48. The lowest BCUT2D eigenvalue weighted by Gasteiger charge is -2.22. The molecule has 0 aliphatic carbocycles. The summed E-state index contributed by atoms with van der Waals surface area (Å²) in [5.74, 6) is 0. The summed E-state index contributed by atoms with van der Waals surface area (Å²) in [6, 6.07) is 1.27. The van der Waals surface area contributed by atoms with E-state index in [1.54, 1.807) is 0 Å². The zero-order valence-electron chi connectivity index (χ0n) is 6.87. The van der Waals surface area contributed by atoms with Crippen molar-refractivity contribution in [3.8, 4) is 0 Å². The lowest BCUT2D eigenvalue weighted by atomic mass is 10.2. The molecule has 0 radical (unpaired) electrons. The molecule has 0 heterocycles. The second kappa shape index (κ2) is 3.62. The second-order valence-electron chi connectivity index (χ2n) is 3.62. The molecule has 0 spiro atoms. The second-order valence-corrected chi connectivity index (χ2v) is 8.45. The molecule has 0 aliphatic rings. The minimum atomic E-state index is -0.918. The van der Waals surface area contributed by atoms with Crippen LogP contribution in [0.4, 0.5) is 0 Å². The smallest absolute Gasteiger partial charge is 0.146 e. The molecular formula is C7H17ClSi. The monoisotopic (exact) mass is 164 g/mol. The molecule has 2 heteroatoms. The van der Waals surface area contributed by atoms with Gasteiger partial charge in [-0.15, -0.1) is 0 Å². The highest BCUT2D eigenvalue weighted by molar-refractivity contribution is 7.08. The predicted molar refractivity (Wildman–Crippen MR) is 47.8 cm³/mol. The van der Waals surface area contributed by atoms with Gasteiger partial charge in [-0.05, 0) is 11.1 Å². The van der Waals surface area contributed by atoms with Gasteiger partial charge in [0.05, 0.1) is 0 Å². The SMILES string of the molecule is CCC[SiH](Cl)C(C)(C)C. The van der Waals surface area contributed by atoms with Crippen molar-refractivity contribution in [2.45, 2.75) is 45.2 Å². The summed E-state index contributed by atoms with van der Waals surface area (Å²) in [6.07, 6.45) is 1.25. The van der Waals surface area contributed by atoms with E-state index in [1.165, 1.54) is 12.5 Å². The van der Waals surface area contributed by atoms with E-state index >= 15 is 0 Å². The average Bonchev–Trinajstić information content (AvgIpc) is 1.64. The molecule has 0 aromatic carbocycles. The highest BCUT2D eigenvalue weighted by Gasteiger charge is 2.22. The fourth-order valence-electron chi connectivity index (χ4n) is 0.686. The molecule has 0 aliphatic heterocycles. The third kappa shape index (κ3) is 3.99. The maximum Gasteiger partial charge on any atom is 0.146 e. The number of halogens is 1. The van der Waals surface area contributed by atoms with Crippen LogP contribution in [0.1, 0.15) is 34.1 Å². The van der Waals surface area contributed by atoms with Gasteiger partial charge in [0.15, 0.2) is 0 Å². The number of hydrogen-bond donors (Lipinski definition) is 0. The van der Waals surface area contributed by atoms with Crippen LogP contribution < -0.4 is 0 Å². The minimum absolute atomic E-state index is 0.414. The minimum Gasteiger partial charge on any atom is -0.171 e. The molecule has 0 saturated heterocycles. The molecule has 0 aromatic rings. The van der Waals surface area contributed by atoms with E-state index in [0.717, 1.165) is 0 Å². The van der Waals surface area contributed by atoms with Gasteiger partial charge in [-0.1, -0.05) is 34.1 Å². The number of hydrogen-bond acceptors (Lipinski definition) is 0. The normalized spacial score (nSPS) is 15.7. The Labute approximate surface area is 64.9 Å². The average molecular weight is 165 g/mol. The Hall–Kier alpha value is 0.507. The first-order chi connectivity index (χ1) is 3.98. The van der Waals surface area contributed by atoms with Crippen molar-refractivity contribution in [1.29, 1.82) is 0 Å². The van der Waals surface area contributed by atoms with Crippen molar-refractivity contribution in [2.24, 2.45) is 0 Å². The van der Waals surface area contributed by atoms with Gasteiger partial charge in [-0.25, -0.2) is 0 Å². The van der Waals surface area contributed by atoms with E-state index < -0.39 is 8.11 Å².